The van der Waals surface area contributed by atoms with E-state index in [0.29, 0.717) is 23.0 Å². The third kappa shape index (κ3) is 10.6. The molecule has 5 aromatic rings. The minimum atomic E-state index is -0.990. The predicted octanol–water partition coefficient (Wildman–Crippen LogP) is 4.85. The van der Waals surface area contributed by atoms with Gasteiger partial charge in [0.05, 0.1) is 11.4 Å². The Morgan fingerprint density at radius 3 is 1.80 bits per heavy atom. The lowest BCUT2D eigenvalue weighted by atomic mass is 10.3. The highest BCUT2D eigenvalue weighted by Crippen LogP contribution is 2.18. The molecule has 0 bridgehead atoms. The second kappa shape index (κ2) is 17.7. The van der Waals surface area contributed by atoms with E-state index >= 15 is 0 Å². The van der Waals surface area contributed by atoms with Gasteiger partial charge in [0.15, 0.2) is 6.61 Å². The number of carbonyl (C=O) groups excluding carboxylic acids is 2. The summed E-state index contributed by atoms with van der Waals surface area (Å²) in [5, 5.41) is 13.9. The van der Waals surface area contributed by atoms with E-state index in [2.05, 4.69) is 30.9 Å². The molecule has 0 spiro atoms. The summed E-state index contributed by atoms with van der Waals surface area (Å²) in [6, 6.07) is 34.0. The number of nitrogens with zero attached hydrogens (tertiary/aromatic N) is 5. The number of aromatic carboxylic acids is 1. The normalized spacial score (nSPS) is 11.4. The van der Waals surface area contributed by atoms with Crippen LogP contribution < -0.4 is 15.9 Å². The standard InChI is InChI=1S/C14H11N3O2.C12H11N3O.C6H5NO2.ClH/c18-13-10-19-14(12-8-4-5-9-15-12)16-17(13)11-6-2-1-3-7-11;16-12(11-8-4-5-9-13-11)15-14-10-6-2-1-3-7-10;8-6(9)5-3-1-2-4-7-5;/h1-9H,10H2;1-9,14H,(H,15,16);1-4H,(H,8,9);1H. The number of benzene rings is 2. The molecule has 0 unspecified atom stereocenters. The molecule has 6 rings (SSSR count). The predicted molar refractivity (Wildman–Crippen MR) is 171 cm³/mol. The highest BCUT2D eigenvalue weighted by Gasteiger charge is 2.24. The number of carbonyl (C=O) groups is 3. The Balaban J connectivity index is 0.000000193. The number of para-hydroxylation sites is 2. The van der Waals surface area contributed by atoms with E-state index in [0.717, 1.165) is 5.69 Å². The number of hydrazone groups is 1. The number of aromatic nitrogens is 3. The van der Waals surface area contributed by atoms with Crippen LogP contribution in [0.3, 0.4) is 0 Å². The SMILES string of the molecule is Cl.O=C(NNc1ccccc1)c1ccccn1.O=C(O)c1ccccn1.O=C1COC(c2ccccn2)=NN1c1ccccc1. The lowest BCUT2D eigenvalue weighted by Crippen LogP contribution is -2.37. The van der Waals surface area contributed by atoms with Gasteiger partial charge in [-0.05, 0) is 60.7 Å². The molecule has 228 valence electrons. The average Bonchev–Trinajstić information content (AvgIpc) is 3.10. The second-order valence-corrected chi connectivity index (χ2v) is 8.63. The van der Waals surface area contributed by atoms with Crippen LogP contribution in [0.5, 0.6) is 0 Å². The largest absolute Gasteiger partial charge is 0.477 e. The van der Waals surface area contributed by atoms with Crippen molar-refractivity contribution >= 4 is 47.5 Å². The maximum atomic E-state index is 11.8. The molecule has 2 aromatic carbocycles. The number of anilines is 2. The van der Waals surface area contributed by atoms with Gasteiger partial charge in [0, 0.05) is 18.6 Å². The zero-order valence-electron chi connectivity index (χ0n) is 23.6. The first-order chi connectivity index (χ1) is 21.5. The molecular weight excluding hydrogens is 598 g/mol. The van der Waals surface area contributed by atoms with Gasteiger partial charge in [-0.3, -0.25) is 30.4 Å². The van der Waals surface area contributed by atoms with Crippen LogP contribution in [0, 0.1) is 0 Å². The monoisotopic (exact) mass is 625 g/mol. The van der Waals surface area contributed by atoms with Gasteiger partial charge in [-0.25, -0.2) is 9.78 Å². The number of hydrogen-bond donors (Lipinski definition) is 3. The number of nitrogens with one attached hydrogen (secondary N) is 2. The molecule has 4 heterocycles. The molecule has 1 aliphatic heterocycles. The van der Waals surface area contributed by atoms with Crippen molar-refractivity contribution in [2.24, 2.45) is 5.10 Å². The summed E-state index contributed by atoms with van der Waals surface area (Å²) in [5.41, 5.74) is 7.97. The minimum absolute atomic E-state index is 0. The van der Waals surface area contributed by atoms with Crippen LogP contribution >= 0.6 is 12.4 Å². The first-order valence-corrected chi connectivity index (χ1v) is 13.2. The Morgan fingerprint density at radius 1 is 0.711 bits per heavy atom. The molecule has 0 radical (unpaired) electrons. The van der Waals surface area contributed by atoms with E-state index in [1.807, 2.05) is 72.8 Å². The molecule has 0 saturated carbocycles. The van der Waals surface area contributed by atoms with E-state index in [1.165, 1.54) is 17.3 Å². The lowest BCUT2D eigenvalue weighted by Gasteiger charge is -2.23. The third-order valence-electron chi connectivity index (χ3n) is 5.52. The Hall–Kier alpha value is -6.14. The van der Waals surface area contributed by atoms with Crippen molar-refractivity contribution in [1.29, 1.82) is 0 Å². The number of halogens is 1. The molecule has 45 heavy (non-hydrogen) atoms. The van der Waals surface area contributed by atoms with Crippen molar-refractivity contribution < 1.29 is 24.2 Å². The number of pyridine rings is 3. The minimum Gasteiger partial charge on any atom is -0.477 e. The van der Waals surface area contributed by atoms with Crippen molar-refractivity contribution in [2.75, 3.05) is 17.0 Å². The summed E-state index contributed by atoms with van der Waals surface area (Å²) in [4.78, 5) is 45.2. The van der Waals surface area contributed by atoms with Crippen molar-refractivity contribution in [1.82, 2.24) is 20.4 Å². The smallest absolute Gasteiger partial charge is 0.354 e. The second-order valence-electron chi connectivity index (χ2n) is 8.63. The van der Waals surface area contributed by atoms with Crippen LogP contribution in [-0.2, 0) is 9.53 Å². The van der Waals surface area contributed by atoms with Gasteiger partial charge in [-0.1, -0.05) is 54.6 Å². The van der Waals surface area contributed by atoms with E-state index in [-0.39, 0.29) is 36.5 Å². The maximum absolute atomic E-state index is 11.8. The number of hydrazine groups is 1. The fraction of sp³-hybridized carbons (Fsp3) is 0.0312. The van der Waals surface area contributed by atoms with E-state index in [4.69, 9.17) is 9.84 Å². The van der Waals surface area contributed by atoms with Gasteiger partial charge in [0.2, 0.25) is 0 Å². The van der Waals surface area contributed by atoms with Crippen LogP contribution in [0.2, 0.25) is 0 Å². The molecule has 0 aliphatic carbocycles. The maximum Gasteiger partial charge on any atom is 0.354 e. The molecule has 0 fully saturated rings. The molecule has 3 N–H and O–H groups in total. The van der Waals surface area contributed by atoms with Crippen LogP contribution in [0.4, 0.5) is 11.4 Å². The van der Waals surface area contributed by atoms with Gasteiger partial charge < -0.3 is 9.84 Å². The summed E-state index contributed by atoms with van der Waals surface area (Å²) in [6.45, 7) is -0.0374. The number of ether oxygens (including phenoxy) is 1. The topological polar surface area (TPSA) is 159 Å². The number of rotatable bonds is 6. The Kier molecular flexibility index (Phi) is 13.1. The van der Waals surface area contributed by atoms with Gasteiger partial charge >= 0.3 is 5.97 Å². The third-order valence-corrected chi connectivity index (χ3v) is 5.52. The zero-order valence-corrected chi connectivity index (χ0v) is 24.4. The van der Waals surface area contributed by atoms with Crippen LogP contribution in [-0.4, -0.2) is 50.3 Å². The Morgan fingerprint density at radius 2 is 1.27 bits per heavy atom. The average molecular weight is 626 g/mol. The molecule has 1 aliphatic rings. The van der Waals surface area contributed by atoms with Crippen LogP contribution in [0.25, 0.3) is 0 Å². The Labute approximate surface area is 264 Å². The molecular formula is C32H28ClN7O5. The molecule has 0 saturated heterocycles. The molecule has 3 aromatic heterocycles. The van der Waals surface area contributed by atoms with Crippen molar-refractivity contribution in [3.8, 4) is 0 Å². The van der Waals surface area contributed by atoms with E-state index in [9.17, 15) is 14.4 Å². The summed E-state index contributed by atoms with van der Waals surface area (Å²) >= 11 is 0. The van der Waals surface area contributed by atoms with Gasteiger partial charge in [0.25, 0.3) is 17.7 Å². The highest BCUT2D eigenvalue weighted by molar-refractivity contribution is 6.03. The van der Waals surface area contributed by atoms with Crippen molar-refractivity contribution in [3.63, 3.8) is 0 Å². The van der Waals surface area contributed by atoms with Gasteiger partial charge in [0.1, 0.15) is 17.1 Å². The number of carboxylic acid groups (broad SMARTS) is 1. The Bertz CT molecular complexity index is 1670. The first kappa shape index (κ1) is 33.4. The number of hydrogen-bond acceptors (Lipinski definition) is 9. The lowest BCUT2D eigenvalue weighted by molar-refractivity contribution is -0.121. The first-order valence-electron chi connectivity index (χ1n) is 13.2. The van der Waals surface area contributed by atoms with E-state index < -0.39 is 5.97 Å². The highest BCUT2D eigenvalue weighted by atomic mass is 35.5. The molecule has 2 amide bonds. The quantitative estimate of drug-likeness (QED) is 0.224. The molecule has 13 heteroatoms. The number of amides is 2. The summed E-state index contributed by atoms with van der Waals surface area (Å²) < 4.78 is 5.32. The van der Waals surface area contributed by atoms with E-state index in [1.54, 1.807) is 48.8 Å². The van der Waals surface area contributed by atoms with Gasteiger partial charge in [-0.2, -0.15) is 5.01 Å². The summed E-state index contributed by atoms with van der Waals surface area (Å²) in [6.07, 6.45) is 4.69. The zero-order chi connectivity index (χ0) is 31.0. The summed E-state index contributed by atoms with van der Waals surface area (Å²) in [5.74, 6) is -1.10. The fourth-order valence-electron chi connectivity index (χ4n) is 3.45. The molecule has 0 atom stereocenters. The fourth-order valence-corrected chi connectivity index (χ4v) is 3.45. The van der Waals surface area contributed by atoms with Gasteiger partial charge in [-0.15, -0.1) is 17.5 Å². The molecule has 12 nitrogen and oxygen atoms in total. The van der Waals surface area contributed by atoms with Crippen molar-refractivity contribution in [2.45, 2.75) is 0 Å². The van der Waals surface area contributed by atoms with Crippen LogP contribution in [0.1, 0.15) is 26.7 Å². The van der Waals surface area contributed by atoms with Crippen molar-refractivity contribution in [3.05, 3.63) is 151 Å². The van der Waals surface area contributed by atoms with Crippen LogP contribution in [0.15, 0.2) is 139 Å². The summed E-state index contributed by atoms with van der Waals surface area (Å²) in [7, 11) is 0. The number of carboxylic acids is 1.